The molecule has 0 spiro atoms. The Morgan fingerprint density at radius 3 is 2.63 bits per heavy atom. The van der Waals surface area contributed by atoms with Crippen molar-refractivity contribution in [1.29, 1.82) is 0 Å². The molecule has 6 heteroatoms. The number of hydrogen-bond acceptors (Lipinski definition) is 4. The van der Waals surface area contributed by atoms with Gasteiger partial charge in [0.2, 0.25) is 11.8 Å². The van der Waals surface area contributed by atoms with E-state index in [-0.39, 0.29) is 24.4 Å². The molecular weight excluding hydrogens is 244 g/mol. The van der Waals surface area contributed by atoms with Gasteiger partial charge in [0.05, 0.1) is 6.54 Å². The van der Waals surface area contributed by atoms with Crippen LogP contribution >= 0.6 is 0 Å². The average Bonchev–Trinajstić information content (AvgIpc) is 2.34. The van der Waals surface area contributed by atoms with Gasteiger partial charge in [-0.2, -0.15) is 0 Å². The molecule has 2 unspecified atom stereocenters. The summed E-state index contributed by atoms with van der Waals surface area (Å²) in [4.78, 5) is 25.1. The van der Waals surface area contributed by atoms with E-state index in [0.717, 1.165) is 6.42 Å². The van der Waals surface area contributed by atoms with Gasteiger partial charge in [-0.1, -0.05) is 13.8 Å². The summed E-state index contributed by atoms with van der Waals surface area (Å²) < 4.78 is 0. The molecule has 0 aliphatic carbocycles. The Bertz CT molecular complexity index is 308. The third-order valence-corrected chi connectivity index (χ3v) is 3.31. The van der Waals surface area contributed by atoms with Gasteiger partial charge in [0, 0.05) is 19.1 Å². The topological polar surface area (TPSA) is 73.5 Å². The summed E-state index contributed by atoms with van der Waals surface area (Å²) in [5.74, 6) is 0.488. The second-order valence-electron chi connectivity index (χ2n) is 5.73. The molecule has 0 aromatic heterocycles. The van der Waals surface area contributed by atoms with E-state index >= 15 is 0 Å². The summed E-state index contributed by atoms with van der Waals surface area (Å²) in [5, 5.41) is 8.57. The lowest BCUT2D eigenvalue weighted by molar-refractivity contribution is -0.126. The molecule has 1 rings (SSSR count). The van der Waals surface area contributed by atoms with Crippen LogP contribution in [0.4, 0.5) is 0 Å². The Labute approximate surface area is 115 Å². The minimum Gasteiger partial charge on any atom is -0.353 e. The van der Waals surface area contributed by atoms with Crippen LogP contribution in [0, 0.1) is 5.92 Å². The van der Waals surface area contributed by atoms with Crippen LogP contribution in [-0.2, 0) is 9.59 Å². The number of rotatable bonds is 6. The van der Waals surface area contributed by atoms with Crippen LogP contribution in [0.3, 0.4) is 0 Å². The molecule has 0 aromatic rings. The summed E-state index contributed by atoms with van der Waals surface area (Å²) in [7, 11) is 4.05. The average molecular weight is 270 g/mol. The van der Waals surface area contributed by atoms with Crippen molar-refractivity contribution in [2.75, 3.05) is 33.7 Å². The van der Waals surface area contributed by atoms with Gasteiger partial charge in [0.1, 0.15) is 6.04 Å². The zero-order valence-electron chi connectivity index (χ0n) is 12.3. The molecule has 110 valence electrons. The Hall–Kier alpha value is -1.14. The summed E-state index contributed by atoms with van der Waals surface area (Å²) in [6.45, 7) is 5.56. The summed E-state index contributed by atoms with van der Waals surface area (Å²) in [5.41, 5.74) is 0. The van der Waals surface area contributed by atoms with Gasteiger partial charge in [0.25, 0.3) is 0 Å². The van der Waals surface area contributed by atoms with Crippen LogP contribution in [0.5, 0.6) is 0 Å². The molecule has 3 N–H and O–H groups in total. The Kier molecular flexibility index (Phi) is 6.24. The van der Waals surface area contributed by atoms with Gasteiger partial charge >= 0.3 is 0 Å². The van der Waals surface area contributed by atoms with E-state index in [4.69, 9.17) is 0 Å². The molecule has 2 atom stereocenters. The van der Waals surface area contributed by atoms with Crippen molar-refractivity contribution in [1.82, 2.24) is 20.9 Å². The van der Waals surface area contributed by atoms with E-state index in [2.05, 4.69) is 34.7 Å². The summed E-state index contributed by atoms with van der Waals surface area (Å²) in [6, 6.07) is 0.0155. The van der Waals surface area contributed by atoms with Crippen molar-refractivity contribution in [3.8, 4) is 0 Å². The first kappa shape index (κ1) is 15.9. The van der Waals surface area contributed by atoms with Gasteiger partial charge in [-0.15, -0.1) is 0 Å². The largest absolute Gasteiger partial charge is 0.353 e. The van der Waals surface area contributed by atoms with Crippen LogP contribution in [0.25, 0.3) is 0 Å². The van der Waals surface area contributed by atoms with Crippen molar-refractivity contribution in [2.45, 2.75) is 32.4 Å². The number of likely N-dealkylation sites (N-methyl/N-ethyl adjacent to an activating group) is 1. The lowest BCUT2D eigenvalue weighted by Gasteiger charge is -2.28. The second-order valence-corrected chi connectivity index (χ2v) is 5.73. The highest BCUT2D eigenvalue weighted by molar-refractivity contribution is 5.86. The predicted octanol–water partition coefficient (Wildman–Crippen LogP) is -0.833. The van der Waals surface area contributed by atoms with E-state index < -0.39 is 0 Å². The lowest BCUT2D eigenvalue weighted by Crippen LogP contribution is -2.58. The molecular formula is C13H26N4O2. The zero-order valence-corrected chi connectivity index (χ0v) is 12.3. The van der Waals surface area contributed by atoms with Gasteiger partial charge < -0.3 is 15.5 Å². The fourth-order valence-corrected chi connectivity index (χ4v) is 2.11. The van der Waals surface area contributed by atoms with E-state index in [1.54, 1.807) is 0 Å². The fraction of sp³-hybridized carbons (Fsp3) is 0.846. The van der Waals surface area contributed by atoms with Crippen molar-refractivity contribution in [2.24, 2.45) is 5.92 Å². The van der Waals surface area contributed by atoms with Gasteiger partial charge in [0.15, 0.2) is 0 Å². The van der Waals surface area contributed by atoms with Crippen LogP contribution < -0.4 is 16.0 Å². The van der Waals surface area contributed by atoms with Crippen molar-refractivity contribution >= 4 is 11.8 Å². The molecule has 1 saturated heterocycles. The highest BCUT2D eigenvalue weighted by atomic mass is 16.2. The monoisotopic (exact) mass is 270 g/mol. The Balaban J connectivity index is 2.37. The molecule has 2 amide bonds. The predicted molar refractivity (Wildman–Crippen MR) is 74.7 cm³/mol. The van der Waals surface area contributed by atoms with Gasteiger partial charge in [-0.05, 0) is 26.4 Å². The van der Waals surface area contributed by atoms with Gasteiger partial charge in [-0.3, -0.25) is 14.9 Å². The number of hydrogen-bond donors (Lipinski definition) is 3. The highest BCUT2D eigenvalue weighted by Crippen LogP contribution is 2.08. The first-order valence-corrected chi connectivity index (χ1v) is 6.84. The van der Waals surface area contributed by atoms with Crippen molar-refractivity contribution in [3.05, 3.63) is 0 Å². The minimum absolute atomic E-state index is 0.0457. The number of carbonyl (C=O) groups excluding carboxylic acids is 2. The van der Waals surface area contributed by atoms with E-state index in [0.29, 0.717) is 25.0 Å². The number of piperazine rings is 1. The third kappa shape index (κ3) is 5.57. The van der Waals surface area contributed by atoms with E-state index in [9.17, 15) is 9.59 Å². The van der Waals surface area contributed by atoms with Crippen LogP contribution in [-0.4, -0.2) is 62.5 Å². The summed E-state index contributed by atoms with van der Waals surface area (Å²) >= 11 is 0. The standard InChI is InChI=1S/C13H26N4O2/c1-9(2)5-10(17(3)4)6-16-13(19)11-7-15-12(18)8-14-11/h9-11,14H,5-8H2,1-4H3,(H,15,18)(H,16,19). The fourth-order valence-electron chi connectivity index (χ4n) is 2.11. The summed E-state index contributed by atoms with van der Waals surface area (Å²) in [6.07, 6.45) is 1.04. The van der Waals surface area contributed by atoms with E-state index in [1.807, 2.05) is 14.1 Å². The maximum absolute atomic E-state index is 12.0. The maximum Gasteiger partial charge on any atom is 0.239 e. The van der Waals surface area contributed by atoms with Crippen molar-refractivity contribution < 1.29 is 9.59 Å². The molecule has 1 aliphatic heterocycles. The molecule has 0 aromatic carbocycles. The molecule has 1 aliphatic rings. The normalized spacial score (nSPS) is 21.4. The number of amides is 2. The van der Waals surface area contributed by atoms with Crippen LogP contribution in [0.2, 0.25) is 0 Å². The quantitative estimate of drug-likeness (QED) is 0.589. The van der Waals surface area contributed by atoms with Crippen LogP contribution in [0.15, 0.2) is 0 Å². The zero-order chi connectivity index (χ0) is 14.4. The SMILES string of the molecule is CC(C)CC(CNC(=O)C1CNC(=O)CN1)N(C)C. The highest BCUT2D eigenvalue weighted by Gasteiger charge is 2.24. The molecule has 1 fully saturated rings. The van der Waals surface area contributed by atoms with Crippen LogP contribution in [0.1, 0.15) is 20.3 Å². The minimum atomic E-state index is -0.320. The number of carbonyl (C=O) groups is 2. The lowest BCUT2D eigenvalue weighted by atomic mass is 10.0. The molecule has 6 nitrogen and oxygen atoms in total. The van der Waals surface area contributed by atoms with Crippen molar-refractivity contribution in [3.63, 3.8) is 0 Å². The molecule has 1 heterocycles. The first-order valence-electron chi connectivity index (χ1n) is 6.84. The molecule has 19 heavy (non-hydrogen) atoms. The first-order chi connectivity index (χ1) is 8.90. The second kappa shape index (κ2) is 7.45. The van der Waals surface area contributed by atoms with E-state index in [1.165, 1.54) is 0 Å². The smallest absolute Gasteiger partial charge is 0.239 e. The Morgan fingerprint density at radius 2 is 2.16 bits per heavy atom. The maximum atomic E-state index is 12.0. The Morgan fingerprint density at radius 1 is 1.47 bits per heavy atom. The number of nitrogens with one attached hydrogen (secondary N) is 3. The molecule has 0 radical (unpaired) electrons. The number of nitrogens with zero attached hydrogens (tertiary/aromatic N) is 1. The molecule has 0 bridgehead atoms. The van der Waals surface area contributed by atoms with Gasteiger partial charge in [-0.25, -0.2) is 0 Å². The molecule has 0 saturated carbocycles. The third-order valence-electron chi connectivity index (χ3n) is 3.31.